The molecule has 0 N–H and O–H groups in total. The molecule has 1 aromatic carbocycles. The molecule has 1 aromatic heterocycles. The highest BCUT2D eigenvalue weighted by Crippen LogP contribution is 2.19. The van der Waals surface area contributed by atoms with E-state index in [9.17, 15) is 0 Å². The Morgan fingerprint density at radius 1 is 1.07 bits per heavy atom. The molecule has 2 aromatic rings. The quantitative estimate of drug-likeness (QED) is 0.775. The van der Waals surface area contributed by atoms with Gasteiger partial charge in [0.15, 0.2) is 5.82 Å². The number of aromatic nitrogens is 2. The van der Waals surface area contributed by atoms with Crippen molar-refractivity contribution in [2.75, 3.05) is 0 Å². The molecule has 70 valence electrons. The van der Waals surface area contributed by atoms with Gasteiger partial charge in [-0.15, -0.1) is 0 Å². The molecule has 3 heteroatoms. The number of rotatable bonds is 1. The first kappa shape index (κ1) is 9.34. The van der Waals surface area contributed by atoms with E-state index in [1.165, 1.54) is 5.56 Å². The second kappa shape index (κ2) is 3.88. The smallest absolute Gasteiger partial charge is 0.159 e. The molecule has 0 saturated carbocycles. The third-order valence-corrected chi connectivity index (χ3v) is 2.42. The number of aryl methyl sites for hydroxylation is 1. The molecule has 0 aliphatic heterocycles. The third kappa shape index (κ3) is 1.82. The minimum atomic E-state index is 0.770. The Morgan fingerprint density at radius 2 is 1.71 bits per heavy atom. The molecule has 0 unspecified atom stereocenters. The van der Waals surface area contributed by atoms with Gasteiger partial charge < -0.3 is 0 Å². The molecule has 0 spiro atoms. The van der Waals surface area contributed by atoms with Crippen molar-refractivity contribution in [3.05, 3.63) is 46.7 Å². The summed E-state index contributed by atoms with van der Waals surface area (Å²) in [4.78, 5) is 8.50. The van der Waals surface area contributed by atoms with Crippen LogP contribution in [-0.2, 0) is 0 Å². The summed E-state index contributed by atoms with van der Waals surface area (Å²) in [5.41, 5.74) is 2.27. The molecule has 2 rings (SSSR count). The molecule has 0 aliphatic rings. The van der Waals surface area contributed by atoms with Crippen molar-refractivity contribution in [2.45, 2.75) is 6.92 Å². The van der Waals surface area contributed by atoms with Crippen LogP contribution in [0.3, 0.4) is 0 Å². The van der Waals surface area contributed by atoms with E-state index in [1.54, 1.807) is 12.4 Å². The fraction of sp³-hybridized carbons (Fsp3) is 0.0909. The van der Waals surface area contributed by atoms with Crippen LogP contribution in [0.5, 0.6) is 0 Å². The monoisotopic (exact) mass is 248 g/mol. The van der Waals surface area contributed by atoms with E-state index in [4.69, 9.17) is 0 Å². The Kier molecular flexibility index (Phi) is 2.59. The predicted octanol–water partition coefficient (Wildman–Crippen LogP) is 3.21. The topological polar surface area (TPSA) is 25.8 Å². The lowest BCUT2D eigenvalue weighted by atomic mass is 10.1. The van der Waals surface area contributed by atoms with Crippen molar-refractivity contribution in [1.82, 2.24) is 9.97 Å². The van der Waals surface area contributed by atoms with Gasteiger partial charge in [0.05, 0.1) is 4.47 Å². The van der Waals surface area contributed by atoms with E-state index in [2.05, 4.69) is 38.9 Å². The average molecular weight is 249 g/mol. The first-order valence-corrected chi connectivity index (χ1v) is 5.10. The summed E-state index contributed by atoms with van der Waals surface area (Å²) in [6.07, 6.45) is 3.52. The molecule has 0 aliphatic carbocycles. The minimum absolute atomic E-state index is 0.770. The van der Waals surface area contributed by atoms with E-state index < -0.39 is 0 Å². The molecule has 0 atom stereocenters. The molecular formula is C11H9BrN2. The van der Waals surface area contributed by atoms with Crippen LogP contribution in [0, 0.1) is 6.92 Å². The van der Waals surface area contributed by atoms with Crippen molar-refractivity contribution in [2.24, 2.45) is 0 Å². The number of hydrogen-bond acceptors (Lipinski definition) is 2. The Labute approximate surface area is 91.2 Å². The lowest BCUT2D eigenvalue weighted by Gasteiger charge is -2.02. The van der Waals surface area contributed by atoms with Gasteiger partial charge in [-0.25, -0.2) is 9.97 Å². The van der Waals surface area contributed by atoms with E-state index in [1.807, 2.05) is 18.2 Å². The summed E-state index contributed by atoms with van der Waals surface area (Å²) < 4.78 is 0.898. The van der Waals surface area contributed by atoms with Crippen molar-refractivity contribution in [3.8, 4) is 11.4 Å². The molecule has 0 bridgehead atoms. The van der Waals surface area contributed by atoms with Crippen LogP contribution in [0.2, 0.25) is 0 Å². The lowest BCUT2D eigenvalue weighted by molar-refractivity contribution is 1.15. The predicted molar refractivity (Wildman–Crippen MR) is 59.9 cm³/mol. The average Bonchev–Trinajstić information content (AvgIpc) is 2.20. The number of halogens is 1. The Bertz CT molecular complexity index is 437. The Balaban J connectivity index is 2.50. The minimum Gasteiger partial charge on any atom is -0.235 e. The molecule has 0 amide bonds. The van der Waals surface area contributed by atoms with Gasteiger partial charge in [-0.2, -0.15) is 0 Å². The zero-order valence-electron chi connectivity index (χ0n) is 7.74. The van der Waals surface area contributed by atoms with Gasteiger partial charge in [0, 0.05) is 18.0 Å². The first-order chi connectivity index (χ1) is 6.77. The van der Waals surface area contributed by atoms with Crippen LogP contribution >= 0.6 is 15.9 Å². The summed E-state index contributed by atoms with van der Waals surface area (Å²) in [7, 11) is 0. The number of benzene rings is 1. The zero-order chi connectivity index (χ0) is 9.97. The molecule has 1 heterocycles. The molecule has 2 nitrogen and oxygen atoms in total. The largest absolute Gasteiger partial charge is 0.235 e. The molecular weight excluding hydrogens is 240 g/mol. The van der Waals surface area contributed by atoms with Crippen molar-refractivity contribution < 1.29 is 0 Å². The highest BCUT2D eigenvalue weighted by Gasteiger charge is 2.02. The molecule has 0 saturated heterocycles. The van der Waals surface area contributed by atoms with E-state index in [0.29, 0.717) is 0 Å². The van der Waals surface area contributed by atoms with Crippen LogP contribution in [0.1, 0.15) is 5.56 Å². The Morgan fingerprint density at radius 3 is 2.36 bits per heavy atom. The van der Waals surface area contributed by atoms with Crippen LogP contribution in [0.25, 0.3) is 11.4 Å². The van der Waals surface area contributed by atoms with Gasteiger partial charge in [-0.1, -0.05) is 24.3 Å². The summed E-state index contributed by atoms with van der Waals surface area (Å²) in [6.45, 7) is 2.06. The van der Waals surface area contributed by atoms with Crippen LogP contribution in [0.15, 0.2) is 41.1 Å². The second-order valence-electron chi connectivity index (χ2n) is 3.04. The van der Waals surface area contributed by atoms with Crippen molar-refractivity contribution >= 4 is 15.9 Å². The standard InChI is InChI=1S/C11H9BrN2/c1-8-4-2-3-5-10(8)11-13-6-9(12)7-14-11/h2-7H,1H3. The van der Waals surface area contributed by atoms with Gasteiger partial charge in [0.1, 0.15) is 0 Å². The zero-order valence-corrected chi connectivity index (χ0v) is 9.32. The highest BCUT2D eigenvalue weighted by atomic mass is 79.9. The number of nitrogens with zero attached hydrogens (tertiary/aromatic N) is 2. The summed E-state index contributed by atoms with van der Waals surface area (Å²) in [5, 5.41) is 0. The third-order valence-electron chi connectivity index (χ3n) is 2.01. The SMILES string of the molecule is Cc1ccccc1-c1ncc(Br)cn1. The van der Waals surface area contributed by atoms with E-state index >= 15 is 0 Å². The van der Waals surface area contributed by atoms with Gasteiger partial charge >= 0.3 is 0 Å². The second-order valence-corrected chi connectivity index (χ2v) is 3.96. The molecule has 14 heavy (non-hydrogen) atoms. The first-order valence-electron chi connectivity index (χ1n) is 4.31. The van der Waals surface area contributed by atoms with Crippen molar-refractivity contribution in [3.63, 3.8) is 0 Å². The summed E-state index contributed by atoms with van der Waals surface area (Å²) >= 11 is 3.31. The van der Waals surface area contributed by atoms with Crippen molar-refractivity contribution in [1.29, 1.82) is 0 Å². The van der Waals surface area contributed by atoms with Crippen LogP contribution in [-0.4, -0.2) is 9.97 Å². The van der Waals surface area contributed by atoms with E-state index in [-0.39, 0.29) is 0 Å². The maximum Gasteiger partial charge on any atom is 0.159 e. The summed E-state index contributed by atoms with van der Waals surface area (Å²) in [6, 6.07) is 8.09. The molecule has 0 fully saturated rings. The maximum atomic E-state index is 4.25. The summed E-state index contributed by atoms with van der Waals surface area (Å²) in [5.74, 6) is 0.770. The maximum absolute atomic E-state index is 4.25. The molecule has 0 radical (unpaired) electrons. The van der Waals surface area contributed by atoms with Gasteiger partial charge in [-0.3, -0.25) is 0 Å². The van der Waals surface area contributed by atoms with Gasteiger partial charge in [-0.05, 0) is 28.4 Å². The lowest BCUT2D eigenvalue weighted by Crippen LogP contribution is -1.89. The fourth-order valence-electron chi connectivity index (χ4n) is 1.28. The fourth-order valence-corrected chi connectivity index (χ4v) is 1.48. The van der Waals surface area contributed by atoms with Gasteiger partial charge in [0.2, 0.25) is 0 Å². The van der Waals surface area contributed by atoms with E-state index in [0.717, 1.165) is 15.9 Å². The normalized spacial score (nSPS) is 10.1. The van der Waals surface area contributed by atoms with Crippen LogP contribution < -0.4 is 0 Å². The van der Waals surface area contributed by atoms with Crippen LogP contribution in [0.4, 0.5) is 0 Å². The highest BCUT2D eigenvalue weighted by molar-refractivity contribution is 9.10. The Hall–Kier alpha value is -1.22. The van der Waals surface area contributed by atoms with Gasteiger partial charge in [0.25, 0.3) is 0 Å². The number of hydrogen-bond donors (Lipinski definition) is 0.